The van der Waals surface area contributed by atoms with E-state index in [4.69, 9.17) is 31.2 Å². The summed E-state index contributed by atoms with van der Waals surface area (Å²) in [5, 5.41) is 2.98. The van der Waals surface area contributed by atoms with Crippen molar-refractivity contribution in [1.82, 2.24) is 10.3 Å². The first-order valence-corrected chi connectivity index (χ1v) is 12.5. The fraction of sp³-hybridized carbons (Fsp3) is 0.310. The zero-order valence-corrected chi connectivity index (χ0v) is 23.2. The Morgan fingerprint density at radius 1 is 1.13 bits per heavy atom. The van der Waals surface area contributed by atoms with Crippen LogP contribution in [-0.4, -0.2) is 54.7 Å². The molecule has 0 saturated heterocycles. The summed E-state index contributed by atoms with van der Waals surface area (Å²) in [6.07, 6.45) is 1.67. The van der Waals surface area contributed by atoms with Crippen molar-refractivity contribution in [2.45, 2.75) is 38.3 Å². The number of nitrogens with one attached hydrogen (secondary N) is 1. The maximum Gasteiger partial charge on any atom is 0.308 e. The fourth-order valence-corrected chi connectivity index (χ4v) is 4.50. The summed E-state index contributed by atoms with van der Waals surface area (Å²) >= 11 is 5.53. The van der Waals surface area contributed by atoms with E-state index in [1.54, 1.807) is 13.0 Å². The molecule has 0 aliphatic rings. The molecule has 3 aromatic rings. The van der Waals surface area contributed by atoms with Crippen molar-refractivity contribution in [3.8, 4) is 17.2 Å². The van der Waals surface area contributed by atoms with Crippen LogP contribution < -0.4 is 19.5 Å². The molecule has 0 aliphatic heterocycles. The minimum atomic E-state index is -1.27. The number of ether oxygens (including phenoxy) is 4. The number of aromatic nitrogens is 1. The number of carbonyl (C=O) groups is 2. The third-order valence-electron chi connectivity index (χ3n) is 6.01. The quantitative estimate of drug-likeness (QED) is 0.195. The molecular formula is C29H31FN2O6S. The molecule has 0 amide bonds. The lowest BCUT2D eigenvalue weighted by Crippen LogP contribution is -2.51. The summed E-state index contributed by atoms with van der Waals surface area (Å²) in [6, 6.07) is 15.5. The predicted octanol–water partition coefficient (Wildman–Crippen LogP) is 4.62. The normalized spacial score (nSPS) is 13.9. The van der Waals surface area contributed by atoms with Crippen LogP contribution in [0.1, 0.15) is 43.5 Å². The second kappa shape index (κ2) is 13.3. The highest BCUT2D eigenvalue weighted by Crippen LogP contribution is 2.36. The minimum absolute atomic E-state index is 0.0417. The van der Waals surface area contributed by atoms with Gasteiger partial charge in [-0.2, -0.15) is 0 Å². The number of aldehydes is 1. The molecule has 0 bridgehead atoms. The van der Waals surface area contributed by atoms with Crippen molar-refractivity contribution >= 4 is 29.5 Å². The zero-order chi connectivity index (χ0) is 28.6. The Hall–Kier alpha value is -3.89. The van der Waals surface area contributed by atoms with Crippen LogP contribution in [0.3, 0.4) is 0 Å². The van der Waals surface area contributed by atoms with Crippen LogP contribution in [0.4, 0.5) is 4.39 Å². The summed E-state index contributed by atoms with van der Waals surface area (Å²) in [7, 11) is 2.91. The van der Waals surface area contributed by atoms with E-state index in [-0.39, 0.29) is 34.7 Å². The second-order valence-corrected chi connectivity index (χ2v) is 9.47. The Bertz CT molecular complexity index is 1320. The van der Waals surface area contributed by atoms with Crippen molar-refractivity contribution in [1.29, 1.82) is 0 Å². The smallest absolute Gasteiger partial charge is 0.308 e. The van der Waals surface area contributed by atoms with Crippen LogP contribution in [0.25, 0.3) is 0 Å². The highest BCUT2D eigenvalue weighted by Gasteiger charge is 2.32. The van der Waals surface area contributed by atoms with Crippen LogP contribution in [0.15, 0.2) is 60.8 Å². The van der Waals surface area contributed by atoms with Gasteiger partial charge in [0.2, 0.25) is 5.75 Å². The summed E-state index contributed by atoms with van der Waals surface area (Å²) in [4.78, 5) is 28.2. The molecule has 8 nitrogen and oxygen atoms in total. The number of thiocarbonyl (C=S) groups is 1. The largest absolute Gasteiger partial charge is 0.496 e. The predicted molar refractivity (Wildman–Crippen MR) is 148 cm³/mol. The van der Waals surface area contributed by atoms with E-state index in [0.29, 0.717) is 12.0 Å². The molecule has 1 aromatic heterocycles. The van der Waals surface area contributed by atoms with Crippen molar-refractivity contribution < 1.29 is 32.9 Å². The zero-order valence-electron chi connectivity index (χ0n) is 22.4. The van der Waals surface area contributed by atoms with Crippen LogP contribution in [0.2, 0.25) is 0 Å². The molecule has 3 rings (SSSR count). The Labute approximate surface area is 232 Å². The van der Waals surface area contributed by atoms with Gasteiger partial charge in [0, 0.05) is 36.7 Å². The molecule has 10 heteroatoms. The Morgan fingerprint density at radius 3 is 2.44 bits per heavy atom. The lowest BCUT2D eigenvalue weighted by atomic mass is 9.86. The number of rotatable bonds is 12. The SMILES string of the molecule is COc1cc(F)ccc1[C@H](c1ccccc1)[C@H](C)OC[C@](C)(C=O)NC(=S)c1nccc(OC)c1OC(C)=O. The number of hydrogen-bond donors (Lipinski definition) is 1. The van der Waals surface area contributed by atoms with Gasteiger partial charge in [0.05, 0.1) is 26.9 Å². The Kier molecular flexibility index (Phi) is 10.1. The van der Waals surface area contributed by atoms with E-state index in [2.05, 4.69) is 10.3 Å². The molecule has 0 spiro atoms. The van der Waals surface area contributed by atoms with Gasteiger partial charge in [0.15, 0.2) is 5.75 Å². The summed E-state index contributed by atoms with van der Waals surface area (Å²) in [5.74, 6) is -0.638. The molecule has 206 valence electrons. The lowest BCUT2D eigenvalue weighted by Gasteiger charge is -2.31. The van der Waals surface area contributed by atoms with Gasteiger partial charge in [0.1, 0.15) is 34.1 Å². The third kappa shape index (κ3) is 7.36. The molecule has 0 radical (unpaired) electrons. The maximum atomic E-state index is 13.9. The first kappa shape index (κ1) is 29.7. The molecule has 39 heavy (non-hydrogen) atoms. The van der Waals surface area contributed by atoms with Gasteiger partial charge in [0.25, 0.3) is 0 Å². The molecular weight excluding hydrogens is 523 g/mol. The van der Waals surface area contributed by atoms with E-state index in [0.717, 1.165) is 11.1 Å². The van der Waals surface area contributed by atoms with Crippen LogP contribution in [-0.2, 0) is 14.3 Å². The van der Waals surface area contributed by atoms with Crippen molar-refractivity contribution in [3.63, 3.8) is 0 Å². The molecule has 0 aliphatic carbocycles. The standard InChI is InChI=1S/C29H31FN2O6S/c1-18(25(20-9-7-6-8-10-20)22-12-11-21(30)15-24(22)36-5)37-17-29(3,16-33)32-28(39)26-27(38-19(2)34)23(35-4)13-14-31-26/h6-16,18,25H,17H2,1-5H3,(H,32,39)/t18-,25-,29-/m0/s1. The number of methoxy groups -OCH3 is 2. The average Bonchev–Trinajstić information content (AvgIpc) is 2.93. The van der Waals surface area contributed by atoms with E-state index < -0.39 is 23.4 Å². The minimum Gasteiger partial charge on any atom is -0.496 e. The number of benzene rings is 2. The molecule has 1 heterocycles. The fourth-order valence-electron chi connectivity index (χ4n) is 4.12. The number of esters is 1. The number of halogens is 1. The summed E-state index contributed by atoms with van der Waals surface area (Å²) < 4.78 is 36.2. The van der Waals surface area contributed by atoms with E-state index in [9.17, 15) is 14.0 Å². The number of carbonyl (C=O) groups excluding carboxylic acids is 2. The molecule has 1 N–H and O–H groups in total. The van der Waals surface area contributed by atoms with E-state index >= 15 is 0 Å². The average molecular weight is 555 g/mol. The van der Waals surface area contributed by atoms with Crippen LogP contribution in [0.5, 0.6) is 17.2 Å². The third-order valence-corrected chi connectivity index (χ3v) is 6.31. The van der Waals surface area contributed by atoms with Gasteiger partial charge < -0.3 is 29.1 Å². The topological polar surface area (TPSA) is 96.0 Å². The molecule has 0 saturated carbocycles. The maximum absolute atomic E-state index is 13.9. The van der Waals surface area contributed by atoms with Gasteiger partial charge in [-0.25, -0.2) is 9.37 Å². The van der Waals surface area contributed by atoms with Gasteiger partial charge >= 0.3 is 5.97 Å². The first-order chi connectivity index (χ1) is 18.6. The van der Waals surface area contributed by atoms with E-state index in [1.165, 1.54) is 45.5 Å². The highest BCUT2D eigenvalue weighted by atomic mass is 32.1. The molecule has 0 unspecified atom stereocenters. The van der Waals surface area contributed by atoms with Crippen molar-refractivity contribution in [2.75, 3.05) is 20.8 Å². The number of pyridine rings is 1. The summed E-state index contributed by atoms with van der Waals surface area (Å²) in [6.45, 7) is 4.67. The van der Waals surface area contributed by atoms with Gasteiger partial charge in [-0.05, 0) is 25.5 Å². The van der Waals surface area contributed by atoms with Crippen molar-refractivity contribution in [2.24, 2.45) is 0 Å². The Morgan fingerprint density at radius 2 is 1.82 bits per heavy atom. The van der Waals surface area contributed by atoms with Gasteiger partial charge in [-0.1, -0.05) is 48.6 Å². The number of nitrogens with zero attached hydrogens (tertiary/aromatic N) is 1. The molecule has 2 aromatic carbocycles. The highest BCUT2D eigenvalue weighted by molar-refractivity contribution is 7.80. The van der Waals surface area contributed by atoms with Crippen molar-refractivity contribution in [3.05, 3.63) is 83.4 Å². The Balaban J connectivity index is 1.86. The van der Waals surface area contributed by atoms with Gasteiger partial charge in [-0.3, -0.25) is 4.79 Å². The van der Waals surface area contributed by atoms with Gasteiger partial charge in [-0.15, -0.1) is 0 Å². The summed E-state index contributed by atoms with van der Waals surface area (Å²) in [5.41, 5.74) is 0.537. The van der Waals surface area contributed by atoms with Crippen LogP contribution in [0, 0.1) is 5.82 Å². The molecule has 3 atom stereocenters. The lowest BCUT2D eigenvalue weighted by molar-refractivity contribution is -0.132. The second-order valence-electron chi connectivity index (χ2n) is 9.06. The van der Waals surface area contributed by atoms with Crippen LogP contribution >= 0.6 is 12.2 Å². The molecule has 0 fully saturated rings. The first-order valence-electron chi connectivity index (χ1n) is 12.1. The van der Waals surface area contributed by atoms with E-state index in [1.807, 2.05) is 37.3 Å². The number of hydrogen-bond acceptors (Lipinski definition) is 8. The monoisotopic (exact) mass is 554 g/mol.